The molecular weight excluding hydrogens is 262 g/mol. The lowest BCUT2D eigenvalue weighted by Gasteiger charge is -2.22. The molecule has 0 aliphatic heterocycles. The number of nitrogens with zero attached hydrogens (tertiary/aromatic N) is 1. The summed E-state index contributed by atoms with van der Waals surface area (Å²) in [7, 11) is 0. The quantitative estimate of drug-likeness (QED) is 0.813. The highest BCUT2D eigenvalue weighted by Gasteiger charge is 2.13. The van der Waals surface area contributed by atoms with Crippen LogP contribution in [0.25, 0.3) is 0 Å². The van der Waals surface area contributed by atoms with Gasteiger partial charge in [0.05, 0.1) is 0 Å². The van der Waals surface area contributed by atoms with Crippen molar-refractivity contribution in [2.24, 2.45) is 0 Å². The third-order valence-corrected chi connectivity index (χ3v) is 3.46. The highest BCUT2D eigenvalue weighted by Crippen LogP contribution is 2.12. The molecule has 3 heteroatoms. The normalized spacial score (nSPS) is 10.2. The van der Waals surface area contributed by atoms with E-state index in [1.807, 2.05) is 54.3 Å². The van der Waals surface area contributed by atoms with Gasteiger partial charge in [-0.3, -0.25) is 4.79 Å². The molecule has 0 bridgehead atoms. The number of likely N-dealkylation sites (N-methyl/N-ethyl adjacent to an activating group) is 1. The smallest absolute Gasteiger partial charge is 0.260 e. The van der Waals surface area contributed by atoms with Gasteiger partial charge in [0.1, 0.15) is 5.75 Å². The summed E-state index contributed by atoms with van der Waals surface area (Å²) in [6, 6.07) is 17.5. The van der Waals surface area contributed by atoms with E-state index in [1.165, 1.54) is 11.1 Å². The van der Waals surface area contributed by atoms with E-state index in [0.29, 0.717) is 13.1 Å². The Bertz CT molecular complexity index is 581. The number of benzene rings is 2. The molecule has 21 heavy (non-hydrogen) atoms. The zero-order valence-corrected chi connectivity index (χ0v) is 12.6. The molecule has 0 saturated carbocycles. The fourth-order valence-corrected chi connectivity index (χ4v) is 2.12. The Labute approximate surface area is 126 Å². The zero-order valence-electron chi connectivity index (χ0n) is 12.6. The van der Waals surface area contributed by atoms with Crippen LogP contribution in [-0.4, -0.2) is 24.0 Å². The number of rotatable bonds is 6. The minimum atomic E-state index is 0.00426. The molecule has 1 amide bonds. The van der Waals surface area contributed by atoms with Crippen molar-refractivity contribution in [2.45, 2.75) is 20.4 Å². The summed E-state index contributed by atoms with van der Waals surface area (Å²) in [4.78, 5) is 14.1. The van der Waals surface area contributed by atoms with E-state index in [4.69, 9.17) is 4.74 Å². The first-order valence-corrected chi connectivity index (χ1v) is 7.21. The molecule has 0 fully saturated rings. The second-order valence-corrected chi connectivity index (χ2v) is 4.94. The van der Waals surface area contributed by atoms with Crippen LogP contribution < -0.4 is 4.74 Å². The molecule has 0 saturated heterocycles. The van der Waals surface area contributed by atoms with Crippen molar-refractivity contribution in [1.29, 1.82) is 0 Å². The predicted octanol–water partition coefficient (Wildman–Crippen LogP) is 3.42. The molecule has 0 aliphatic carbocycles. The van der Waals surface area contributed by atoms with Gasteiger partial charge in [-0.05, 0) is 37.1 Å². The number of carbonyl (C=O) groups excluding carboxylic acids is 1. The molecule has 0 unspecified atom stereocenters. The van der Waals surface area contributed by atoms with Crippen molar-refractivity contribution >= 4 is 5.91 Å². The zero-order chi connectivity index (χ0) is 15.1. The average Bonchev–Trinajstić information content (AvgIpc) is 2.53. The lowest BCUT2D eigenvalue weighted by molar-refractivity contribution is -0.133. The highest BCUT2D eigenvalue weighted by molar-refractivity contribution is 5.77. The van der Waals surface area contributed by atoms with E-state index in [0.717, 1.165) is 5.75 Å². The molecule has 0 aromatic heterocycles. The van der Waals surface area contributed by atoms with E-state index in [1.54, 1.807) is 0 Å². The van der Waals surface area contributed by atoms with Crippen LogP contribution in [0.1, 0.15) is 18.1 Å². The van der Waals surface area contributed by atoms with E-state index in [-0.39, 0.29) is 12.5 Å². The number of para-hydroxylation sites is 1. The molecule has 0 N–H and O–H groups in total. The van der Waals surface area contributed by atoms with Crippen molar-refractivity contribution in [1.82, 2.24) is 4.90 Å². The second-order valence-electron chi connectivity index (χ2n) is 4.94. The van der Waals surface area contributed by atoms with E-state index in [2.05, 4.69) is 19.1 Å². The largest absolute Gasteiger partial charge is 0.484 e. The fraction of sp³-hybridized carbons (Fsp3) is 0.278. The lowest BCUT2D eigenvalue weighted by atomic mass is 10.1. The summed E-state index contributed by atoms with van der Waals surface area (Å²) < 4.78 is 5.53. The van der Waals surface area contributed by atoms with Gasteiger partial charge < -0.3 is 9.64 Å². The van der Waals surface area contributed by atoms with Crippen LogP contribution in [0.3, 0.4) is 0 Å². The highest BCUT2D eigenvalue weighted by atomic mass is 16.5. The third kappa shape index (κ3) is 4.35. The molecule has 110 valence electrons. The number of aryl methyl sites for hydroxylation is 1. The number of hydrogen-bond acceptors (Lipinski definition) is 2. The SMILES string of the molecule is CCN(Cc1ccccc1C)C(=O)COc1ccccc1. The van der Waals surface area contributed by atoms with Crippen LogP contribution in [0, 0.1) is 6.92 Å². The molecule has 0 atom stereocenters. The summed E-state index contributed by atoms with van der Waals surface area (Å²) in [5.74, 6) is 0.724. The summed E-state index contributed by atoms with van der Waals surface area (Å²) in [5.41, 5.74) is 2.38. The molecule has 0 radical (unpaired) electrons. The minimum absolute atomic E-state index is 0.00426. The Morgan fingerprint density at radius 2 is 1.71 bits per heavy atom. The maximum atomic E-state index is 12.3. The average molecular weight is 283 g/mol. The fourth-order valence-electron chi connectivity index (χ4n) is 2.12. The van der Waals surface area contributed by atoms with Gasteiger partial charge in [-0.25, -0.2) is 0 Å². The van der Waals surface area contributed by atoms with Gasteiger partial charge in [0.25, 0.3) is 5.91 Å². The van der Waals surface area contributed by atoms with Crippen molar-refractivity contribution in [3.63, 3.8) is 0 Å². The molecule has 0 heterocycles. The second kappa shape index (κ2) is 7.48. The van der Waals surface area contributed by atoms with Crippen molar-refractivity contribution in [3.8, 4) is 5.75 Å². The van der Waals surface area contributed by atoms with Gasteiger partial charge in [-0.15, -0.1) is 0 Å². The van der Waals surface area contributed by atoms with Crippen LogP contribution >= 0.6 is 0 Å². The maximum Gasteiger partial charge on any atom is 0.260 e. The van der Waals surface area contributed by atoms with E-state index >= 15 is 0 Å². The van der Waals surface area contributed by atoms with Gasteiger partial charge in [0.15, 0.2) is 6.61 Å². The molecule has 0 spiro atoms. The summed E-state index contributed by atoms with van der Waals surface area (Å²) in [6.45, 7) is 5.42. The minimum Gasteiger partial charge on any atom is -0.484 e. The van der Waals surface area contributed by atoms with Gasteiger partial charge in [0.2, 0.25) is 0 Å². The molecule has 2 aromatic rings. The van der Waals surface area contributed by atoms with E-state index in [9.17, 15) is 4.79 Å². The van der Waals surface area contributed by atoms with Gasteiger partial charge in [-0.2, -0.15) is 0 Å². The van der Waals surface area contributed by atoms with Crippen molar-refractivity contribution in [2.75, 3.05) is 13.2 Å². The van der Waals surface area contributed by atoms with Gasteiger partial charge in [0, 0.05) is 13.1 Å². The van der Waals surface area contributed by atoms with Gasteiger partial charge >= 0.3 is 0 Å². The molecule has 0 aliphatic rings. The molecule has 2 rings (SSSR count). The van der Waals surface area contributed by atoms with Crippen LogP contribution in [-0.2, 0) is 11.3 Å². The topological polar surface area (TPSA) is 29.5 Å². The predicted molar refractivity (Wildman–Crippen MR) is 84.2 cm³/mol. The summed E-state index contributed by atoms with van der Waals surface area (Å²) in [6.07, 6.45) is 0. The van der Waals surface area contributed by atoms with Crippen molar-refractivity contribution in [3.05, 3.63) is 65.7 Å². The van der Waals surface area contributed by atoms with Crippen LogP contribution in [0.2, 0.25) is 0 Å². The standard InChI is InChI=1S/C18H21NO2/c1-3-19(13-16-10-8-7-9-15(16)2)18(20)14-21-17-11-5-4-6-12-17/h4-12H,3,13-14H2,1-2H3. The molecule has 3 nitrogen and oxygen atoms in total. The molecule has 2 aromatic carbocycles. The number of ether oxygens (including phenoxy) is 1. The van der Waals surface area contributed by atoms with Crippen LogP contribution in [0.4, 0.5) is 0 Å². The van der Waals surface area contributed by atoms with Crippen molar-refractivity contribution < 1.29 is 9.53 Å². The Morgan fingerprint density at radius 1 is 1.05 bits per heavy atom. The summed E-state index contributed by atoms with van der Waals surface area (Å²) in [5, 5.41) is 0. The monoisotopic (exact) mass is 283 g/mol. The number of carbonyl (C=O) groups is 1. The molecular formula is C18H21NO2. The summed E-state index contributed by atoms with van der Waals surface area (Å²) >= 11 is 0. The Balaban J connectivity index is 1.94. The Morgan fingerprint density at radius 3 is 2.38 bits per heavy atom. The first-order chi connectivity index (χ1) is 10.2. The van der Waals surface area contributed by atoms with Crippen LogP contribution in [0.5, 0.6) is 5.75 Å². The Kier molecular flexibility index (Phi) is 5.38. The van der Waals surface area contributed by atoms with Crippen LogP contribution in [0.15, 0.2) is 54.6 Å². The third-order valence-electron chi connectivity index (χ3n) is 3.46. The van der Waals surface area contributed by atoms with E-state index < -0.39 is 0 Å². The first-order valence-electron chi connectivity index (χ1n) is 7.21. The maximum absolute atomic E-state index is 12.3. The first kappa shape index (κ1) is 15.1. The number of hydrogen-bond donors (Lipinski definition) is 0. The number of amides is 1. The van der Waals surface area contributed by atoms with Gasteiger partial charge in [-0.1, -0.05) is 42.5 Å². The lowest BCUT2D eigenvalue weighted by Crippen LogP contribution is -2.34. The Hall–Kier alpha value is -2.29.